The Bertz CT molecular complexity index is 701. The molecule has 21 heavy (non-hydrogen) atoms. The summed E-state index contributed by atoms with van der Waals surface area (Å²) in [7, 11) is 0. The molecular formula is C17H16BrNO2. The first kappa shape index (κ1) is 13.0. The molecule has 0 saturated carbocycles. The number of rotatable bonds is 2. The van der Waals surface area contributed by atoms with Crippen LogP contribution >= 0.6 is 15.9 Å². The van der Waals surface area contributed by atoms with Crippen molar-refractivity contribution in [3.63, 3.8) is 0 Å². The van der Waals surface area contributed by atoms with Crippen molar-refractivity contribution < 1.29 is 9.47 Å². The van der Waals surface area contributed by atoms with Crippen LogP contribution in [0.1, 0.15) is 24.1 Å². The fourth-order valence-corrected chi connectivity index (χ4v) is 3.52. The molecule has 0 aliphatic carbocycles. The Morgan fingerprint density at radius 3 is 3.05 bits per heavy atom. The number of hydrogen-bond acceptors (Lipinski definition) is 3. The van der Waals surface area contributed by atoms with Crippen molar-refractivity contribution in [3.05, 3.63) is 52.0 Å². The van der Waals surface area contributed by atoms with Crippen LogP contribution in [-0.4, -0.2) is 12.7 Å². The molecule has 0 amide bonds. The smallest absolute Gasteiger partial charge is 0.138 e. The van der Waals surface area contributed by atoms with E-state index in [1.54, 1.807) is 0 Å². The summed E-state index contributed by atoms with van der Waals surface area (Å²) in [6.07, 6.45) is 1.28. The van der Waals surface area contributed by atoms with E-state index in [1.165, 1.54) is 11.1 Å². The molecule has 0 saturated heterocycles. The van der Waals surface area contributed by atoms with Gasteiger partial charge >= 0.3 is 0 Å². The number of hydrogen-bond donors (Lipinski definition) is 1. The van der Waals surface area contributed by atoms with Gasteiger partial charge in [-0.25, -0.2) is 0 Å². The van der Waals surface area contributed by atoms with E-state index in [9.17, 15) is 0 Å². The van der Waals surface area contributed by atoms with Crippen LogP contribution in [0, 0.1) is 0 Å². The van der Waals surface area contributed by atoms with Gasteiger partial charge in [0.1, 0.15) is 24.2 Å². The first-order valence-electron chi connectivity index (χ1n) is 7.18. The van der Waals surface area contributed by atoms with Crippen molar-refractivity contribution in [1.29, 1.82) is 0 Å². The van der Waals surface area contributed by atoms with Crippen molar-refractivity contribution in [1.82, 2.24) is 0 Å². The molecule has 1 N–H and O–H groups in total. The van der Waals surface area contributed by atoms with Gasteiger partial charge in [0.2, 0.25) is 0 Å². The molecule has 2 aromatic rings. The van der Waals surface area contributed by atoms with E-state index in [-0.39, 0.29) is 12.1 Å². The molecule has 4 heteroatoms. The zero-order valence-electron chi connectivity index (χ0n) is 11.7. The maximum atomic E-state index is 5.82. The van der Waals surface area contributed by atoms with E-state index < -0.39 is 0 Å². The average Bonchev–Trinajstić information content (AvgIpc) is 3.02. The number of anilines is 1. The number of benzene rings is 2. The van der Waals surface area contributed by atoms with E-state index >= 15 is 0 Å². The first-order chi connectivity index (χ1) is 10.2. The first-order valence-corrected chi connectivity index (χ1v) is 7.97. The molecule has 0 bridgehead atoms. The maximum absolute atomic E-state index is 5.82. The highest BCUT2D eigenvalue weighted by Crippen LogP contribution is 2.40. The van der Waals surface area contributed by atoms with Crippen molar-refractivity contribution in [3.8, 4) is 11.5 Å². The van der Waals surface area contributed by atoms with E-state index in [0.717, 1.165) is 28.1 Å². The topological polar surface area (TPSA) is 30.5 Å². The monoisotopic (exact) mass is 345 g/mol. The Morgan fingerprint density at radius 2 is 2.14 bits per heavy atom. The fraction of sp³-hybridized carbons (Fsp3) is 0.294. The molecule has 2 aliphatic heterocycles. The van der Waals surface area contributed by atoms with Crippen LogP contribution < -0.4 is 14.8 Å². The van der Waals surface area contributed by atoms with Gasteiger partial charge < -0.3 is 14.8 Å². The Morgan fingerprint density at radius 1 is 1.24 bits per heavy atom. The van der Waals surface area contributed by atoms with Crippen LogP contribution in [0.25, 0.3) is 0 Å². The van der Waals surface area contributed by atoms with Crippen LogP contribution in [0.2, 0.25) is 0 Å². The van der Waals surface area contributed by atoms with Gasteiger partial charge in [-0.15, -0.1) is 0 Å². The average molecular weight is 346 g/mol. The van der Waals surface area contributed by atoms with Crippen molar-refractivity contribution in [2.45, 2.75) is 25.5 Å². The van der Waals surface area contributed by atoms with Gasteiger partial charge in [-0.05, 0) is 40.5 Å². The lowest BCUT2D eigenvalue weighted by molar-refractivity contribution is 0.254. The molecule has 2 atom stereocenters. The Labute approximate surface area is 132 Å². The van der Waals surface area contributed by atoms with Crippen LogP contribution in [0.5, 0.6) is 11.5 Å². The third-order valence-corrected chi connectivity index (χ3v) is 4.64. The molecule has 0 aromatic heterocycles. The van der Waals surface area contributed by atoms with Crippen LogP contribution in [0.4, 0.5) is 5.69 Å². The minimum atomic E-state index is 0.175. The predicted molar refractivity (Wildman–Crippen MR) is 86.2 cm³/mol. The third-order valence-electron chi connectivity index (χ3n) is 4.01. The number of nitrogens with one attached hydrogen (secondary N) is 1. The van der Waals surface area contributed by atoms with Crippen LogP contribution in [0.15, 0.2) is 40.9 Å². The van der Waals surface area contributed by atoms with E-state index in [0.29, 0.717) is 6.61 Å². The number of fused-ring (bicyclic) bond motifs is 2. The second kappa shape index (κ2) is 4.95. The zero-order valence-corrected chi connectivity index (χ0v) is 13.3. The van der Waals surface area contributed by atoms with Gasteiger partial charge in [-0.3, -0.25) is 0 Å². The molecule has 0 fully saturated rings. The van der Waals surface area contributed by atoms with Gasteiger partial charge in [-0.1, -0.05) is 18.2 Å². The van der Waals surface area contributed by atoms with E-state index in [2.05, 4.69) is 52.4 Å². The molecule has 0 radical (unpaired) electrons. The van der Waals surface area contributed by atoms with Gasteiger partial charge in [0.25, 0.3) is 0 Å². The third kappa shape index (κ3) is 2.27. The molecule has 0 spiro atoms. The van der Waals surface area contributed by atoms with Gasteiger partial charge in [0.15, 0.2) is 0 Å². The fourth-order valence-electron chi connectivity index (χ4n) is 3.02. The largest absolute Gasteiger partial charge is 0.490 e. The minimum absolute atomic E-state index is 0.175. The number of para-hydroxylation sites is 1. The normalized spacial score (nSPS) is 22.2. The van der Waals surface area contributed by atoms with E-state index in [1.807, 2.05) is 12.1 Å². The molecule has 2 aliphatic rings. The van der Waals surface area contributed by atoms with Gasteiger partial charge in [0.05, 0.1) is 10.5 Å². The lowest BCUT2D eigenvalue weighted by atomic mass is 10.1. The molecule has 3 nitrogen and oxygen atoms in total. The maximum Gasteiger partial charge on any atom is 0.138 e. The summed E-state index contributed by atoms with van der Waals surface area (Å²) in [6, 6.07) is 12.7. The van der Waals surface area contributed by atoms with Crippen molar-refractivity contribution in [2.24, 2.45) is 0 Å². The number of halogens is 1. The summed E-state index contributed by atoms with van der Waals surface area (Å²) < 4.78 is 12.6. The summed E-state index contributed by atoms with van der Waals surface area (Å²) >= 11 is 3.53. The van der Waals surface area contributed by atoms with E-state index in [4.69, 9.17) is 9.47 Å². The summed E-state index contributed by atoms with van der Waals surface area (Å²) in [5.74, 6) is 1.95. The van der Waals surface area contributed by atoms with Crippen LogP contribution in [-0.2, 0) is 6.42 Å². The summed E-state index contributed by atoms with van der Waals surface area (Å²) in [6.45, 7) is 2.75. The molecule has 2 heterocycles. The highest BCUT2D eigenvalue weighted by atomic mass is 79.9. The van der Waals surface area contributed by atoms with Gasteiger partial charge in [0, 0.05) is 23.7 Å². The van der Waals surface area contributed by atoms with Gasteiger partial charge in [-0.2, -0.15) is 0 Å². The zero-order chi connectivity index (χ0) is 14.4. The molecule has 1 unspecified atom stereocenters. The highest BCUT2D eigenvalue weighted by Gasteiger charge is 2.26. The molecule has 108 valence electrons. The quantitative estimate of drug-likeness (QED) is 0.879. The standard InChI is InChI=1S/C17H16BrNO2/c1-10-7-11-5-6-12(8-16(11)21-10)19-15-9-20-17-13(15)3-2-4-14(17)18/h2-6,8,10,15,19H,7,9H2,1H3/t10?,15-/m1/s1. The predicted octanol–water partition coefficient (Wildman–Crippen LogP) is 4.32. The molecule has 4 rings (SSSR count). The molecule has 2 aromatic carbocycles. The Hall–Kier alpha value is -1.68. The number of ether oxygens (including phenoxy) is 2. The summed E-state index contributed by atoms with van der Waals surface area (Å²) in [5, 5.41) is 3.54. The molecular weight excluding hydrogens is 330 g/mol. The second-order valence-electron chi connectivity index (χ2n) is 5.62. The SMILES string of the molecule is CC1Cc2ccc(N[C@@H]3COc4c(Br)cccc43)cc2O1. The van der Waals surface area contributed by atoms with Crippen molar-refractivity contribution >= 4 is 21.6 Å². The second-order valence-corrected chi connectivity index (χ2v) is 6.48. The minimum Gasteiger partial charge on any atom is -0.490 e. The highest BCUT2D eigenvalue weighted by molar-refractivity contribution is 9.10. The Kier molecular flexibility index (Phi) is 3.07. The summed E-state index contributed by atoms with van der Waals surface area (Å²) in [4.78, 5) is 0. The van der Waals surface area contributed by atoms with Crippen molar-refractivity contribution in [2.75, 3.05) is 11.9 Å². The lowest BCUT2D eigenvalue weighted by Gasteiger charge is -2.14. The lowest BCUT2D eigenvalue weighted by Crippen LogP contribution is -2.11. The summed E-state index contributed by atoms with van der Waals surface area (Å²) in [5.41, 5.74) is 3.56. The van der Waals surface area contributed by atoms with Crippen LogP contribution in [0.3, 0.4) is 0 Å². The Balaban J connectivity index is 1.59.